The van der Waals surface area contributed by atoms with E-state index in [4.69, 9.17) is 0 Å². The van der Waals surface area contributed by atoms with Crippen LogP contribution in [0.1, 0.15) is 38.5 Å². The first-order chi connectivity index (χ1) is 10.7. The summed E-state index contributed by atoms with van der Waals surface area (Å²) in [7, 11) is 1.69. The summed E-state index contributed by atoms with van der Waals surface area (Å²) in [6.07, 6.45) is 7.04. The van der Waals surface area contributed by atoms with E-state index in [0.29, 0.717) is 24.3 Å². The first-order valence-electron chi connectivity index (χ1n) is 8.89. The quantitative estimate of drug-likeness (QED) is 0.849. The molecule has 5 nitrogen and oxygen atoms in total. The molecule has 22 heavy (non-hydrogen) atoms. The second-order valence-electron chi connectivity index (χ2n) is 7.30. The number of hydrogen-bond acceptors (Lipinski definition) is 3. The van der Waals surface area contributed by atoms with Gasteiger partial charge in [-0.3, -0.25) is 14.5 Å². The van der Waals surface area contributed by atoms with Crippen LogP contribution in [-0.4, -0.2) is 61.4 Å². The average molecular weight is 307 g/mol. The zero-order valence-electron chi connectivity index (χ0n) is 13.7. The van der Waals surface area contributed by atoms with Crippen molar-refractivity contribution in [3.8, 4) is 0 Å². The van der Waals surface area contributed by atoms with Crippen molar-refractivity contribution in [3.63, 3.8) is 0 Å². The van der Waals surface area contributed by atoms with Gasteiger partial charge in [0.2, 0.25) is 11.8 Å². The summed E-state index contributed by atoms with van der Waals surface area (Å²) in [5.74, 6) is 1.99. The number of piperidine rings is 1. The van der Waals surface area contributed by atoms with E-state index >= 15 is 0 Å². The molecule has 0 aromatic heterocycles. The van der Waals surface area contributed by atoms with Crippen molar-refractivity contribution in [2.45, 2.75) is 38.5 Å². The van der Waals surface area contributed by atoms with Crippen LogP contribution in [0.4, 0.5) is 0 Å². The molecule has 0 bridgehead atoms. The maximum atomic E-state index is 12.7. The van der Waals surface area contributed by atoms with Gasteiger partial charge in [-0.15, -0.1) is 0 Å². The normalized spacial score (nSPS) is 30.1. The molecule has 0 aromatic carbocycles. The van der Waals surface area contributed by atoms with E-state index < -0.39 is 0 Å². The highest BCUT2D eigenvalue weighted by Gasteiger charge is 2.40. The predicted molar refractivity (Wildman–Crippen MR) is 85.3 cm³/mol. The number of nitrogens with one attached hydrogen (secondary N) is 1. The molecule has 1 N–H and O–H groups in total. The molecule has 2 aliphatic heterocycles. The second-order valence-corrected chi connectivity index (χ2v) is 7.30. The zero-order chi connectivity index (χ0) is 15.5. The third kappa shape index (κ3) is 3.45. The zero-order valence-corrected chi connectivity index (χ0v) is 13.7. The smallest absolute Gasteiger partial charge is 0.233 e. The minimum atomic E-state index is 0.0894. The molecule has 0 unspecified atom stereocenters. The predicted octanol–water partition coefficient (Wildman–Crippen LogP) is 1.09. The van der Waals surface area contributed by atoms with Crippen LogP contribution in [0.15, 0.2) is 0 Å². The van der Waals surface area contributed by atoms with Gasteiger partial charge < -0.3 is 10.2 Å². The number of nitrogens with zero attached hydrogens (tertiary/aromatic N) is 2. The van der Waals surface area contributed by atoms with E-state index in [1.54, 1.807) is 7.05 Å². The van der Waals surface area contributed by atoms with Gasteiger partial charge in [0, 0.05) is 32.6 Å². The number of amides is 2. The highest BCUT2D eigenvalue weighted by atomic mass is 16.2. The third-order valence-electron chi connectivity index (χ3n) is 5.80. The number of hydrogen-bond donors (Lipinski definition) is 1. The molecule has 5 heteroatoms. The number of carbonyl (C=O) groups is 2. The molecule has 3 fully saturated rings. The molecule has 2 saturated heterocycles. The largest absolute Gasteiger partial charge is 0.358 e. The number of carbonyl (C=O) groups excluding carboxylic acids is 2. The molecule has 3 aliphatic rings. The minimum Gasteiger partial charge on any atom is -0.358 e. The summed E-state index contributed by atoms with van der Waals surface area (Å²) < 4.78 is 0. The van der Waals surface area contributed by atoms with E-state index in [2.05, 4.69) is 15.1 Å². The Bertz CT molecular complexity index is 420. The van der Waals surface area contributed by atoms with Crippen LogP contribution in [-0.2, 0) is 9.59 Å². The Kier molecular flexibility index (Phi) is 5.01. The Hall–Kier alpha value is -1.10. The third-order valence-corrected chi connectivity index (χ3v) is 5.80. The van der Waals surface area contributed by atoms with Gasteiger partial charge in [-0.1, -0.05) is 19.3 Å². The molecule has 0 aromatic rings. The lowest BCUT2D eigenvalue weighted by atomic mass is 9.88. The molecule has 2 amide bonds. The van der Waals surface area contributed by atoms with Crippen LogP contribution in [0.5, 0.6) is 0 Å². The molecule has 2 heterocycles. The molecular weight excluding hydrogens is 278 g/mol. The van der Waals surface area contributed by atoms with E-state index in [1.807, 2.05) is 0 Å². The Balaban J connectivity index is 1.53. The van der Waals surface area contributed by atoms with Crippen LogP contribution in [0.25, 0.3) is 0 Å². The van der Waals surface area contributed by atoms with Gasteiger partial charge in [0.1, 0.15) is 0 Å². The van der Waals surface area contributed by atoms with Crippen molar-refractivity contribution in [3.05, 3.63) is 0 Å². The average Bonchev–Trinajstić information content (AvgIpc) is 2.98. The van der Waals surface area contributed by atoms with E-state index in [1.165, 1.54) is 19.3 Å². The first-order valence-corrected chi connectivity index (χ1v) is 8.89. The van der Waals surface area contributed by atoms with Crippen LogP contribution < -0.4 is 5.32 Å². The highest BCUT2D eigenvalue weighted by Crippen LogP contribution is 2.34. The summed E-state index contributed by atoms with van der Waals surface area (Å²) in [6.45, 7) is 4.31. The lowest BCUT2D eigenvalue weighted by molar-refractivity contribution is -0.135. The molecule has 3 rings (SSSR count). The minimum absolute atomic E-state index is 0.0894. The van der Waals surface area contributed by atoms with Gasteiger partial charge in [-0.25, -0.2) is 0 Å². The van der Waals surface area contributed by atoms with Gasteiger partial charge in [0.05, 0.1) is 6.54 Å². The van der Waals surface area contributed by atoms with Crippen molar-refractivity contribution >= 4 is 11.8 Å². The Morgan fingerprint density at radius 3 is 2.45 bits per heavy atom. The number of fused-ring (bicyclic) bond motifs is 1. The fourth-order valence-corrected chi connectivity index (χ4v) is 4.46. The van der Waals surface area contributed by atoms with Crippen molar-refractivity contribution in [1.82, 2.24) is 15.1 Å². The Morgan fingerprint density at radius 2 is 1.73 bits per heavy atom. The lowest BCUT2D eigenvalue weighted by Crippen LogP contribution is -2.44. The molecule has 1 saturated carbocycles. The standard InChI is InChI=1S/C17H29N3O2/c1-18-16(21)12-19-8-7-14-10-20(11-15(14)9-19)17(22)13-5-3-2-4-6-13/h13-15H,2-12H2,1H3,(H,18,21)/t14-,15+/m0/s1. The topological polar surface area (TPSA) is 52.7 Å². The molecule has 0 spiro atoms. The Morgan fingerprint density at radius 1 is 1.00 bits per heavy atom. The summed E-state index contributed by atoms with van der Waals surface area (Å²) in [5.41, 5.74) is 0. The SMILES string of the molecule is CNC(=O)CN1CC[C@H]2CN(C(=O)C3CCCCC3)C[C@H]2C1. The van der Waals surface area contributed by atoms with E-state index in [-0.39, 0.29) is 11.8 Å². The molecular formula is C17H29N3O2. The Labute approximate surface area is 133 Å². The fourth-order valence-electron chi connectivity index (χ4n) is 4.46. The van der Waals surface area contributed by atoms with Gasteiger partial charge in [-0.05, 0) is 37.6 Å². The van der Waals surface area contributed by atoms with Crippen LogP contribution in [0, 0.1) is 17.8 Å². The van der Waals surface area contributed by atoms with Crippen molar-refractivity contribution in [1.29, 1.82) is 0 Å². The molecule has 124 valence electrons. The number of likely N-dealkylation sites (tertiary alicyclic amines) is 2. The van der Waals surface area contributed by atoms with Gasteiger partial charge >= 0.3 is 0 Å². The summed E-state index contributed by atoms with van der Waals surface area (Å²) in [6, 6.07) is 0. The number of likely N-dealkylation sites (N-methyl/N-ethyl adjacent to an activating group) is 1. The van der Waals surface area contributed by atoms with Crippen molar-refractivity contribution in [2.75, 3.05) is 39.8 Å². The lowest BCUT2D eigenvalue weighted by Gasteiger charge is -2.33. The maximum Gasteiger partial charge on any atom is 0.233 e. The summed E-state index contributed by atoms with van der Waals surface area (Å²) >= 11 is 0. The van der Waals surface area contributed by atoms with Crippen molar-refractivity contribution in [2.24, 2.45) is 17.8 Å². The molecule has 0 radical (unpaired) electrons. The van der Waals surface area contributed by atoms with E-state index in [9.17, 15) is 9.59 Å². The summed E-state index contributed by atoms with van der Waals surface area (Å²) in [4.78, 5) is 28.6. The van der Waals surface area contributed by atoms with Crippen LogP contribution in [0.2, 0.25) is 0 Å². The van der Waals surface area contributed by atoms with Crippen LogP contribution >= 0.6 is 0 Å². The molecule has 2 atom stereocenters. The first kappa shape index (κ1) is 15.8. The van der Waals surface area contributed by atoms with Gasteiger partial charge in [0.25, 0.3) is 0 Å². The van der Waals surface area contributed by atoms with Gasteiger partial charge in [0.15, 0.2) is 0 Å². The summed E-state index contributed by atoms with van der Waals surface area (Å²) in [5, 5.41) is 2.70. The van der Waals surface area contributed by atoms with Gasteiger partial charge in [-0.2, -0.15) is 0 Å². The number of rotatable bonds is 3. The second kappa shape index (κ2) is 6.99. The highest BCUT2D eigenvalue weighted by molar-refractivity contribution is 5.79. The molecule has 1 aliphatic carbocycles. The van der Waals surface area contributed by atoms with Crippen LogP contribution in [0.3, 0.4) is 0 Å². The fraction of sp³-hybridized carbons (Fsp3) is 0.882. The maximum absolute atomic E-state index is 12.7. The van der Waals surface area contributed by atoms with Crippen molar-refractivity contribution < 1.29 is 9.59 Å². The van der Waals surface area contributed by atoms with E-state index in [0.717, 1.165) is 45.4 Å². The monoisotopic (exact) mass is 307 g/mol.